The van der Waals surface area contributed by atoms with Crippen LogP contribution >= 0.6 is 0 Å². The average molecular weight is 220 g/mol. The van der Waals surface area contributed by atoms with Gasteiger partial charge in [-0.05, 0) is 36.7 Å². The summed E-state index contributed by atoms with van der Waals surface area (Å²) in [4.78, 5) is 3.84. The Hall–Kier alpha value is -1.68. The molecule has 2 aromatic heterocycles. The number of pyridine rings is 1. The number of halogens is 1. The molecule has 3 nitrogen and oxygen atoms in total. The van der Waals surface area contributed by atoms with Crippen LogP contribution in [0.4, 0.5) is 4.39 Å². The van der Waals surface area contributed by atoms with Crippen molar-refractivity contribution in [1.29, 1.82) is 0 Å². The molecule has 4 heteroatoms. The van der Waals surface area contributed by atoms with E-state index in [2.05, 4.69) is 10.3 Å². The molecule has 0 saturated carbocycles. The number of hydrogen-bond donors (Lipinski definition) is 1. The first kappa shape index (κ1) is 10.8. The van der Waals surface area contributed by atoms with Crippen LogP contribution in [0.3, 0.4) is 0 Å². The zero-order chi connectivity index (χ0) is 11.4. The Kier molecular flexibility index (Phi) is 3.31. The molecule has 0 spiro atoms. The summed E-state index contributed by atoms with van der Waals surface area (Å²) in [6.45, 7) is 0. The zero-order valence-electron chi connectivity index (χ0n) is 8.98. The topological polar surface area (TPSA) is 38.1 Å². The smallest absolute Gasteiger partial charge is 0.141 e. The molecule has 0 saturated heterocycles. The molecule has 1 atom stereocenters. The molecule has 0 bridgehead atoms. The Balaban J connectivity index is 2.16. The maximum absolute atomic E-state index is 13.0. The van der Waals surface area contributed by atoms with Gasteiger partial charge in [0.25, 0.3) is 0 Å². The van der Waals surface area contributed by atoms with E-state index in [0.29, 0.717) is 0 Å². The van der Waals surface area contributed by atoms with E-state index in [1.165, 1.54) is 12.3 Å². The first-order valence-corrected chi connectivity index (χ1v) is 5.08. The lowest BCUT2D eigenvalue weighted by atomic mass is 10.0. The minimum atomic E-state index is -0.315. The highest BCUT2D eigenvalue weighted by molar-refractivity contribution is 5.19. The molecule has 0 fully saturated rings. The van der Waals surface area contributed by atoms with E-state index in [4.69, 9.17) is 4.42 Å². The van der Waals surface area contributed by atoms with Crippen molar-refractivity contribution < 1.29 is 8.81 Å². The van der Waals surface area contributed by atoms with Gasteiger partial charge in [0, 0.05) is 12.2 Å². The van der Waals surface area contributed by atoms with E-state index < -0.39 is 0 Å². The lowest BCUT2D eigenvalue weighted by Crippen LogP contribution is -2.19. The third-order valence-electron chi connectivity index (χ3n) is 2.50. The minimum absolute atomic E-state index is 0.0424. The summed E-state index contributed by atoms with van der Waals surface area (Å²) in [5, 5.41) is 3.14. The molecule has 1 unspecified atom stereocenters. The van der Waals surface area contributed by atoms with Crippen LogP contribution in [0.5, 0.6) is 0 Å². The number of likely N-dealkylation sites (N-methyl/N-ethyl adjacent to an activating group) is 1. The van der Waals surface area contributed by atoms with Crippen molar-refractivity contribution in [3.8, 4) is 0 Å². The van der Waals surface area contributed by atoms with Gasteiger partial charge in [0.1, 0.15) is 5.82 Å². The van der Waals surface area contributed by atoms with E-state index in [0.717, 1.165) is 17.5 Å². The second-order valence-electron chi connectivity index (χ2n) is 3.61. The van der Waals surface area contributed by atoms with Crippen LogP contribution in [0.2, 0.25) is 0 Å². The fourth-order valence-corrected chi connectivity index (χ4v) is 1.65. The van der Waals surface area contributed by atoms with Gasteiger partial charge in [-0.3, -0.25) is 4.98 Å². The highest BCUT2D eigenvalue weighted by atomic mass is 19.1. The van der Waals surface area contributed by atoms with E-state index in [9.17, 15) is 4.39 Å². The van der Waals surface area contributed by atoms with Crippen LogP contribution in [0, 0.1) is 5.82 Å². The average Bonchev–Trinajstić information content (AvgIpc) is 2.78. The highest BCUT2D eigenvalue weighted by Crippen LogP contribution is 2.18. The van der Waals surface area contributed by atoms with Crippen molar-refractivity contribution in [3.63, 3.8) is 0 Å². The van der Waals surface area contributed by atoms with Crippen molar-refractivity contribution in [1.82, 2.24) is 10.3 Å². The van der Waals surface area contributed by atoms with E-state index in [-0.39, 0.29) is 11.9 Å². The summed E-state index contributed by atoms with van der Waals surface area (Å²) in [7, 11) is 1.84. The van der Waals surface area contributed by atoms with Gasteiger partial charge in [-0.25, -0.2) is 4.39 Å². The molecule has 2 rings (SSSR count). The maximum atomic E-state index is 13.0. The quantitative estimate of drug-likeness (QED) is 0.859. The molecule has 1 N–H and O–H groups in total. The van der Waals surface area contributed by atoms with E-state index >= 15 is 0 Å². The lowest BCUT2D eigenvalue weighted by Gasteiger charge is -2.15. The van der Waals surface area contributed by atoms with Gasteiger partial charge in [-0.15, -0.1) is 0 Å². The fraction of sp³-hybridized carbons (Fsp3) is 0.250. The number of aromatic nitrogens is 1. The van der Waals surface area contributed by atoms with Crippen LogP contribution < -0.4 is 5.32 Å². The lowest BCUT2D eigenvalue weighted by molar-refractivity contribution is 0.548. The first-order valence-electron chi connectivity index (χ1n) is 5.08. The summed E-state index contributed by atoms with van der Waals surface area (Å²) in [5.74, 6) is -0.315. The van der Waals surface area contributed by atoms with Gasteiger partial charge >= 0.3 is 0 Å². The van der Waals surface area contributed by atoms with Crippen LogP contribution in [-0.4, -0.2) is 12.0 Å². The number of nitrogens with one attached hydrogen (secondary N) is 1. The molecule has 16 heavy (non-hydrogen) atoms. The Bertz CT molecular complexity index is 442. The first-order chi connectivity index (χ1) is 7.79. The fourth-order valence-electron chi connectivity index (χ4n) is 1.65. The number of nitrogens with zero attached hydrogens (tertiary/aromatic N) is 1. The SMILES string of the molecule is CNC(Cc1ccoc1)c1cncc(F)c1. The van der Waals surface area contributed by atoms with Crippen LogP contribution in [0.1, 0.15) is 17.2 Å². The standard InChI is InChI=1S/C12H13FN2O/c1-14-12(4-9-2-3-16-8-9)10-5-11(13)7-15-6-10/h2-3,5-8,12,14H,4H2,1H3. The molecule has 0 amide bonds. The van der Waals surface area contributed by atoms with Crippen molar-refractivity contribution >= 4 is 0 Å². The molecule has 0 aliphatic heterocycles. The van der Waals surface area contributed by atoms with Crippen molar-refractivity contribution in [2.45, 2.75) is 12.5 Å². The number of rotatable bonds is 4. The molecule has 0 aromatic carbocycles. The van der Waals surface area contributed by atoms with Gasteiger partial charge in [-0.2, -0.15) is 0 Å². The van der Waals surface area contributed by atoms with Crippen molar-refractivity contribution in [3.05, 3.63) is 54.0 Å². The van der Waals surface area contributed by atoms with E-state index in [1.54, 1.807) is 18.7 Å². The predicted octanol–water partition coefficient (Wildman–Crippen LogP) is 2.32. The monoisotopic (exact) mass is 220 g/mol. The Morgan fingerprint density at radius 3 is 3.00 bits per heavy atom. The Labute approximate surface area is 93.3 Å². The van der Waals surface area contributed by atoms with E-state index in [1.807, 2.05) is 13.1 Å². The molecule has 2 aromatic rings. The molecule has 0 aliphatic rings. The normalized spacial score (nSPS) is 12.6. The molecular weight excluding hydrogens is 207 g/mol. The van der Waals surface area contributed by atoms with Crippen LogP contribution in [0.25, 0.3) is 0 Å². The maximum Gasteiger partial charge on any atom is 0.141 e. The van der Waals surface area contributed by atoms with Gasteiger partial charge in [-0.1, -0.05) is 0 Å². The Morgan fingerprint density at radius 2 is 2.38 bits per heavy atom. The largest absolute Gasteiger partial charge is 0.472 e. The number of furan rings is 1. The van der Waals surface area contributed by atoms with Gasteiger partial charge in [0.15, 0.2) is 0 Å². The summed E-state index contributed by atoms with van der Waals surface area (Å²) < 4.78 is 18.0. The second kappa shape index (κ2) is 4.90. The number of hydrogen-bond acceptors (Lipinski definition) is 3. The summed E-state index contributed by atoms with van der Waals surface area (Å²) in [6.07, 6.45) is 6.94. The third-order valence-corrected chi connectivity index (χ3v) is 2.50. The molecule has 0 radical (unpaired) electrons. The van der Waals surface area contributed by atoms with Gasteiger partial charge in [0.2, 0.25) is 0 Å². The van der Waals surface area contributed by atoms with Crippen molar-refractivity contribution in [2.24, 2.45) is 0 Å². The predicted molar refractivity (Wildman–Crippen MR) is 58.4 cm³/mol. The summed E-state index contributed by atoms with van der Waals surface area (Å²) in [5.41, 5.74) is 1.91. The second-order valence-corrected chi connectivity index (χ2v) is 3.61. The molecular formula is C12H13FN2O. The summed E-state index contributed by atoms with van der Waals surface area (Å²) >= 11 is 0. The zero-order valence-corrected chi connectivity index (χ0v) is 8.98. The molecule has 0 aliphatic carbocycles. The molecule has 84 valence electrons. The Morgan fingerprint density at radius 1 is 1.50 bits per heavy atom. The summed E-state index contributed by atoms with van der Waals surface area (Å²) in [6, 6.07) is 3.44. The van der Waals surface area contributed by atoms with Crippen LogP contribution in [-0.2, 0) is 6.42 Å². The van der Waals surface area contributed by atoms with Gasteiger partial charge in [0.05, 0.1) is 18.7 Å². The van der Waals surface area contributed by atoms with Crippen molar-refractivity contribution in [2.75, 3.05) is 7.05 Å². The highest BCUT2D eigenvalue weighted by Gasteiger charge is 2.11. The molecule has 2 heterocycles. The van der Waals surface area contributed by atoms with Crippen LogP contribution in [0.15, 0.2) is 41.5 Å². The third kappa shape index (κ3) is 2.46. The van der Waals surface area contributed by atoms with Gasteiger partial charge < -0.3 is 9.73 Å². The minimum Gasteiger partial charge on any atom is -0.472 e.